The first-order valence-electron chi connectivity index (χ1n) is 7.40. The first-order chi connectivity index (χ1) is 10.1. The third-order valence-corrected chi connectivity index (χ3v) is 5.64. The standard InChI is InChI=1S/C17H21FINS/c1-3-9-20-17(11-14-7-6-13(4-2)21-14)15-8-5-12(18)10-16(15)19/h5-8,10,17,20H,3-4,9,11H2,1-2H3. The van der Waals surface area contributed by atoms with E-state index >= 15 is 0 Å². The van der Waals surface area contributed by atoms with Gasteiger partial charge in [0.1, 0.15) is 5.82 Å². The van der Waals surface area contributed by atoms with E-state index in [-0.39, 0.29) is 11.9 Å². The molecular formula is C17H21FINS. The van der Waals surface area contributed by atoms with E-state index < -0.39 is 0 Å². The van der Waals surface area contributed by atoms with Crippen molar-refractivity contribution >= 4 is 33.9 Å². The van der Waals surface area contributed by atoms with Gasteiger partial charge >= 0.3 is 0 Å². The number of benzene rings is 1. The van der Waals surface area contributed by atoms with Crippen LogP contribution in [0.25, 0.3) is 0 Å². The SMILES string of the molecule is CCCNC(Cc1ccc(CC)s1)c1ccc(F)cc1I. The number of hydrogen-bond donors (Lipinski definition) is 1. The molecule has 1 nitrogen and oxygen atoms in total. The molecule has 2 aromatic rings. The smallest absolute Gasteiger partial charge is 0.124 e. The van der Waals surface area contributed by atoms with Gasteiger partial charge in [-0.15, -0.1) is 11.3 Å². The van der Waals surface area contributed by atoms with Crippen LogP contribution in [0.1, 0.15) is 41.6 Å². The van der Waals surface area contributed by atoms with Gasteiger partial charge in [0.2, 0.25) is 0 Å². The molecule has 0 amide bonds. The molecule has 0 spiro atoms. The van der Waals surface area contributed by atoms with Gasteiger partial charge in [-0.1, -0.05) is 19.9 Å². The van der Waals surface area contributed by atoms with E-state index in [0.29, 0.717) is 0 Å². The van der Waals surface area contributed by atoms with Gasteiger partial charge in [-0.3, -0.25) is 0 Å². The topological polar surface area (TPSA) is 12.0 Å². The summed E-state index contributed by atoms with van der Waals surface area (Å²) in [4.78, 5) is 2.81. The fourth-order valence-electron chi connectivity index (χ4n) is 2.32. The molecule has 0 saturated carbocycles. The Morgan fingerprint density at radius 1 is 1.19 bits per heavy atom. The van der Waals surface area contributed by atoms with Crippen molar-refractivity contribution in [3.63, 3.8) is 0 Å². The Kier molecular flexibility index (Phi) is 6.64. The molecule has 0 radical (unpaired) electrons. The average molecular weight is 417 g/mol. The van der Waals surface area contributed by atoms with Crippen LogP contribution in [0.5, 0.6) is 0 Å². The van der Waals surface area contributed by atoms with Crippen molar-refractivity contribution in [1.29, 1.82) is 0 Å². The predicted molar refractivity (Wildman–Crippen MR) is 97.6 cm³/mol. The minimum absolute atomic E-state index is 0.165. The first-order valence-corrected chi connectivity index (χ1v) is 9.29. The Bertz CT molecular complexity index is 582. The zero-order valence-corrected chi connectivity index (χ0v) is 15.4. The number of halogens is 2. The minimum atomic E-state index is -0.165. The van der Waals surface area contributed by atoms with Crippen LogP contribution in [0.4, 0.5) is 4.39 Å². The van der Waals surface area contributed by atoms with E-state index in [9.17, 15) is 4.39 Å². The molecule has 1 atom stereocenters. The molecule has 1 aromatic heterocycles. The highest BCUT2D eigenvalue weighted by Gasteiger charge is 2.16. The highest BCUT2D eigenvalue weighted by atomic mass is 127. The summed E-state index contributed by atoms with van der Waals surface area (Å²) in [6, 6.07) is 9.78. The maximum Gasteiger partial charge on any atom is 0.124 e. The second-order valence-electron chi connectivity index (χ2n) is 5.10. The molecule has 1 heterocycles. The molecule has 21 heavy (non-hydrogen) atoms. The lowest BCUT2D eigenvalue weighted by Crippen LogP contribution is -2.24. The van der Waals surface area contributed by atoms with Crippen LogP contribution in [0.3, 0.4) is 0 Å². The van der Waals surface area contributed by atoms with E-state index in [2.05, 4.69) is 53.9 Å². The molecule has 1 aromatic carbocycles. The van der Waals surface area contributed by atoms with Crippen molar-refractivity contribution in [3.8, 4) is 0 Å². The Morgan fingerprint density at radius 3 is 2.57 bits per heavy atom. The van der Waals surface area contributed by atoms with Crippen LogP contribution in [0.2, 0.25) is 0 Å². The monoisotopic (exact) mass is 417 g/mol. The summed E-state index contributed by atoms with van der Waals surface area (Å²) < 4.78 is 14.3. The summed E-state index contributed by atoms with van der Waals surface area (Å²) in [5, 5.41) is 3.60. The molecule has 0 saturated heterocycles. The number of thiophene rings is 1. The first kappa shape index (κ1) is 16.9. The number of hydrogen-bond acceptors (Lipinski definition) is 2. The summed E-state index contributed by atoms with van der Waals surface area (Å²) in [6.07, 6.45) is 3.15. The zero-order valence-electron chi connectivity index (χ0n) is 12.5. The van der Waals surface area contributed by atoms with Crippen molar-refractivity contribution in [3.05, 3.63) is 55.0 Å². The van der Waals surface area contributed by atoms with E-state index in [4.69, 9.17) is 0 Å². The number of rotatable bonds is 7. The predicted octanol–water partition coefficient (Wildman–Crippen LogP) is 5.34. The van der Waals surface area contributed by atoms with Gasteiger partial charge in [-0.05, 0) is 71.8 Å². The molecule has 0 aliphatic rings. The maximum absolute atomic E-state index is 13.3. The Labute approximate surface area is 144 Å². The molecule has 0 aliphatic heterocycles. The van der Waals surface area contributed by atoms with Gasteiger partial charge in [0.05, 0.1) is 0 Å². The van der Waals surface area contributed by atoms with Crippen LogP contribution in [0.15, 0.2) is 30.3 Å². The highest BCUT2D eigenvalue weighted by molar-refractivity contribution is 14.1. The summed E-state index contributed by atoms with van der Waals surface area (Å²) >= 11 is 4.11. The quantitative estimate of drug-likeness (QED) is 0.600. The van der Waals surface area contributed by atoms with Crippen molar-refractivity contribution in [2.24, 2.45) is 0 Å². The minimum Gasteiger partial charge on any atom is -0.310 e. The number of nitrogens with one attached hydrogen (secondary N) is 1. The number of aryl methyl sites for hydroxylation is 1. The van der Waals surface area contributed by atoms with Gasteiger partial charge in [-0.2, -0.15) is 0 Å². The normalized spacial score (nSPS) is 12.6. The fourth-order valence-corrected chi connectivity index (χ4v) is 4.17. The van der Waals surface area contributed by atoms with E-state index in [1.54, 1.807) is 12.1 Å². The van der Waals surface area contributed by atoms with Crippen molar-refractivity contribution in [1.82, 2.24) is 5.32 Å². The summed E-state index contributed by atoms with van der Waals surface area (Å²) in [5.41, 5.74) is 1.19. The van der Waals surface area contributed by atoms with E-state index in [0.717, 1.165) is 29.4 Å². The molecule has 114 valence electrons. The Hall–Kier alpha value is -0.460. The average Bonchev–Trinajstić information content (AvgIpc) is 2.91. The third-order valence-electron chi connectivity index (χ3n) is 3.45. The lowest BCUT2D eigenvalue weighted by Gasteiger charge is -2.20. The summed E-state index contributed by atoms with van der Waals surface area (Å²) in [7, 11) is 0. The summed E-state index contributed by atoms with van der Waals surface area (Å²) in [6.45, 7) is 5.33. The molecule has 0 bridgehead atoms. The molecule has 0 aliphatic carbocycles. The van der Waals surface area contributed by atoms with Crippen LogP contribution in [0, 0.1) is 9.39 Å². The zero-order chi connectivity index (χ0) is 15.2. The molecule has 0 fully saturated rings. The molecule has 4 heteroatoms. The Morgan fingerprint density at radius 2 is 1.95 bits per heavy atom. The van der Waals surface area contributed by atoms with Crippen LogP contribution >= 0.6 is 33.9 Å². The van der Waals surface area contributed by atoms with Crippen molar-refractivity contribution < 1.29 is 4.39 Å². The van der Waals surface area contributed by atoms with Gasteiger partial charge in [0.15, 0.2) is 0 Å². The second-order valence-corrected chi connectivity index (χ2v) is 7.51. The fraction of sp³-hybridized carbons (Fsp3) is 0.412. The van der Waals surface area contributed by atoms with E-state index in [1.165, 1.54) is 15.3 Å². The third kappa shape index (κ3) is 4.76. The lowest BCUT2D eigenvalue weighted by atomic mass is 10.0. The molecule has 2 rings (SSSR count). The lowest BCUT2D eigenvalue weighted by molar-refractivity contribution is 0.528. The van der Waals surface area contributed by atoms with Gasteiger partial charge in [-0.25, -0.2) is 4.39 Å². The van der Waals surface area contributed by atoms with Crippen molar-refractivity contribution in [2.45, 2.75) is 39.2 Å². The van der Waals surface area contributed by atoms with Crippen LogP contribution < -0.4 is 5.32 Å². The van der Waals surface area contributed by atoms with Gasteiger partial charge < -0.3 is 5.32 Å². The maximum atomic E-state index is 13.3. The van der Waals surface area contributed by atoms with E-state index in [1.807, 2.05) is 17.4 Å². The second kappa shape index (κ2) is 8.25. The highest BCUT2D eigenvalue weighted by Crippen LogP contribution is 2.27. The Balaban J connectivity index is 2.20. The largest absolute Gasteiger partial charge is 0.310 e. The van der Waals surface area contributed by atoms with Crippen molar-refractivity contribution in [2.75, 3.05) is 6.54 Å². The molecular weight excluding hydrogens is 396 g/mol. The summed E-state index contributed by atoms with van der Waals surface area (Å²) in [5.74, 6) is -0.165. The molecule has 1 unspecified atom stereocenters. The van der Waals surface area contributed by atoms with Gasteiger partial charge in [0.25, 0.3) is 0 Å². The van der Waals surface area contributed by atoms with Gasteiger partial charge in [0, 0.05) is 25.8 Å². The van der Waals surface area contributed by atoms with Crippen LogP contribution in [-0.4, -0.2) is 6.54 Å². The van der Waals surface area contributed by atoms with Crippen LogP contribution in [-0.2, 0) is 12.8 Å². The molecule has 1 N–H and O–H groups in total.